The minimum atomic E-state index is -4.88. The highest BCUT2D eigenvalue weighted by atomic mass is 32.2. The maximum absolute atomic E-state index is 12.9. The van der Waals surface area contributed by atoms with Crippen LogP contribution in [0.5, 0.6) is 0 Å². The number of pyridine rings is 1. The van der Waals surface area contributed by atoms with Gasteiger partial charge in [0.2, 0.25) is 10.0 Å². The van der Waals surface area contributed by atoms with E-state index in [2.05, 4.69) is 9.71 Å². The summed E-state index contributed by atoms with van der Waals surface area (Å²) in [4.78, 5) is 13.1. The van der Waals surface area contributed by atoms with Gasteiger partial charge in [0.05, 0.1) is 5.92 Å². The van der Waals surface area contributed by atoms with Crippen LogP contribution in [0.25, 0.3) is 0 Å². The SMILES string of the molecule is O=C(O)C1CCC(NS(=O)(=O)c2cccnc2C(F)(F)F)CC1. The number of aromatic nitrogens is 1. The number of nitrogens with zero attached hydrogens (tertiary/aromatic N) is 1. The molecular formula is C13H15F3N2O4S. The fourth-order valence-corrected chi connectivity index (χ4v) is 4.04. The highest BCUT2D eigenvalue weighted by molar-refractivity contribution is 7.89. The van der Waals surface area contributed by atoms with Crippen molar-refractivity contribution >= 4 is 16.0 Å². The van der Waals surface area contributed by atoms with Gasteiger partial charge in [-0.25, -0.2) is 13.1 Å². The lowest BCUT2D eigenvalue weighted by molar-refractivity contribution is -0.144. The monoisotopic (exact) mass is 352 g/mol. The normalized spacial score (nSPS) is 22.7. The summed E-state index contributed by atoms with van der Waals surface area (Å²) >= 11 is 0. The van der Waals surface area contributed by atoms with Gasteiger partial charge in [-0.1, -0.05) is 0 Å². The molecule has 2 N–H and O–H groups in total. The predicted octanol–water partition coefficient (Wildman–Crippen LogP) is 2.02. The molecule has 0 aliphatic heterocycles. The highest BCUT2D eigenvalue weighted by Crippen LogP contribution is 2.33. The van der Waals surface area contributed by atoms with Gasteiger partial charge < -0.3 is 5.11 Å². The second kappa shape index (κ2) is 6.44. The van der Waals surface area contributed by atoms with Crippen LogP contribution >= 0.6 is 0 Å². The third kappa shape index (κ3) is 4.20. The quantitative estimate of drug-likeness (QED) is 0.864. The van der Waals surface area contributed by atoms with Crippen molar-refractivity contribution in [3.63, 3.8) is 0 Å². The Bertz CT molecular complexity index is 683. The number of hydrogen-bond donors (Lipinski definition) is 2. The van der Waals surface area contributed by atoms with E-state index < -0.39 is 44.7 Å². The Morgan fingerprint density at radius 3 is 2.39 bits per heavy atom. The molecule has 128 valence electrons. The predicted molar refractivity (Wildman–Crippen MR) is 72.9 cm³/mol. The first-order valence-corrected chi connectivity index (χ1v) is 8.37. The largest absolute Gasteiger partial charge is 0.481 e. The molecule has 2 rings (SSSR count). The second-order valence-electron chi connectivity index (χ2n) is 5.36. The van der Waals surface area contributed by atoms with Crippen molar-refractivity contribution in [1.29, 1.82) is 0 Å². The van der Waals surface area contributed by atoms with Crippen molar-refractivity contribution in [2.45, 2.75) is 42.8 Å². The van der Waals surface area contributed by atoms with Crippen molar-refractivity contribution in [1.82, 2.24) is 9.71 Å². The summed E-state index contributed by atoms with van der Waals surface area (Å²) < 4.78 is 65.3. The smallest absolute Gasteiger partial charge is 0.434 e. The molecule has 0 spiro atoms. The molecule has 6 nitrogen and oxygen atoms in total. The zero-order valence-corrected chi connectivity index (χ0v) is 12.7. The number of sulfonamides is 1. The number of carboxylic acid groups (broad SMARTS) is 1. The van der Waals surface area contributed by atoms with Gasteiger partial charge in [0.1, 0.15) is 4.90 Å². The van der Waals surface area contributed by atoms with Gasteiger partial charge in [-0.2, -0.15) is 13.2 Å². The van der Waals surface area contributed by atoms with Crippen LogP contribution < -0.4 is 4.72 Å². The lowest BCUT2D eigenvalue weighted by Crippen LogP contribution is -2.39. The van der Waals surface area contributed by atoms with Crippen LogP contribution in [-0.4, -0.2) is 30.5 Å². The molecule has 0 bridgehead atoms. The zero-order chi connectivity index (χ0) is 17.3. The molecule has 0 unspecified atom stereocenters. The van der Waals surface area contributed by atoms with E-state index in [0.29, 0.717) is 0 Å². The molecule has 0 amide bonds. The maximum Gasteiger partial charge on any atom is 0.434 e. The number of alkyl halides is 3. The molecule has 1 aromatic rings. The Kier molecular flexibility index (Phi) is 4.95. The molecule has 1 saturated carbocycles. The Morgan fingerprint density at radius 1 is 1.26 bits per heavy atom. The van der Waals surface area contributed by atoms with E-state index >= 15 is 0 Å². The molecule has 0 radical (unpaired) electrons. The van der Waals surface area contributed by atoms with Gasteiger partial charge in [0.15, 0.2) is 5.69 Å². The van der Waals surface area contributed by atoms with E-state index in [1.54, 1.807) is 0 Å². The van der Waals surface area contributed by atoms with E-state index in [1.807, 2.05) is 0 Å². The number of carbonyl (C=O) groups is 1. The van der Waals surface area contributed by atoms with Gasteiger partial charge in [-0.05, 0) is 37.8 Å². The van der Waals surface area contributed by atoms with Gasteiger partial charge in [-0.3, -0.25) is 9.78 Å². The van der Waals surface area contributed by atoms with Gasteiger partial charge >= 0.3 is 12.1 Å². The molecule has 1 aromatic heterocycles. The minimum Gasteiger partial charge on any atom is -0.481 e. The molecule has 1 aliphatic rings. The minimum absolute atomic E-state index is 0.262. The summed E-state index contributed by atoms with van der Waals surface area (Å²) in [7, 11) is -4.39. The Hall–Kier alpha value is -1.68. The van der Waals surface area contributed by atoms with Crippen LogP contribution in [0.15, 0.2) is 23.2 Å². The first kappa shape index (κ1) is 17.7. The summed E-state index contributed by atoms with van der Waals surface area (Å²) in [6, 6.07) is 1.38. The highest BCUT2D eigenvalue weighted by Gasteiger charge is 2.39. The zero-order valence-electron chi connectivity index (χ0n) is 11.9. The van der Waals surface area contributed by atoms with Crippen LogP contribution in [0.1, 0.15) is 31.4 Å². The van der Waals surface area contributed by atoms with Crippen molar-refractivity contribution in [3.8, 4) is 0 Å². The van der Waals surface area contributed by atoms with Gasteiger partial charge in [0, 0.05) is 12.2 Å². The topological polar surface area (TPSA) is 96.4 Å². The van der Waals surface area contributed by atoms with Crippen molar-refractivity contribution in [2.24, 2.45) is 5.92 Å². The lowest BCUT2D eigenvalue weighted by Gasteiger charge is -2.26. The Balaban J connectivity index is 2.17. The second-order valence-corrected chi connectivity index (χ2v) is 7.04. The molecule has 0 saturated heterocycles. The Morgan fingerprint density at radius 2 is 1.87 bits per heavy atom. The molecule has 1 aliphatic carbocycles. The van der Waals surface area contributed by atoms with E-state index in [-0.39, 0.29) is 25.7 Å². The maximum atomic E-state index is 12.9. The van der Waals surface area contributed by atoms with Crippen molar-refractivity contribution in [2.75, 3.05) is 0 Å². The number of rotatable bonds is 4. The van der Waals surface area contributed by atoms with E-state index in [9.17, 15) is 26.4 Å². The fourth-order valence-electron chi connectivity index (χ4n) is 2.56. The van der Waals surface area contributed by atoms with Crippen LogP contribution in [0, 0.1) is 5.92 Å². The number of halogens is 3. The molecule has 10 heteroatoms. The summed E-state index contributed by atoms with van der Waals surface area (Å²) in [6.07, 6.45) is -2.93. The van der Waals surface area contributed by atoms with Crippen LogP contribution in [-0.2, 0) is 21.0 Å². The first-order chi connectivity index (χ1) is 10.6. The van der Waals surface area contributed by atoms with Crippen LogP contribution in [0.2, 0.25) is 0 Å². The number of carboxylic acids is 1. The number of nitrogens with one attached hydrogen (secondary N) is 1. The lowest BCUT2D eigenvalue weighted by atomic mass is 9.87. The number of aliphatic carboxylic acids is 1. The van der Waals surface area contributed by atoms with Gasteiger partial charge in [0.25, 0.3) is 0 Å². The summed E-state index contributed by atoms with van der Waals surface area (Å²) in [5.41, 5.74) is -1.47. The first-order valence-electron chi connectivity index (χ1n) is 6.88. The molecular weight excluding hydrogens is 337 g/mol. The Labute approximate surface area is 130 Å². The molecule has 23 heavy (non-hydrogen) atoms. The summed E-state index contributed by atoms with van der Waals surface area (Å²) in [6.45, 7) is 0. The number of hydrogen-bond acceptors (Lipinski definition) is 4. The van der Waals surface area contributed by atoms with Crippen molar-refractivity contribution < 1.29 is 31.5 Å². The third-order valence-corrected chi connectivity index (χ3v) is 5.28. The van der Waals surface area contributed by atoms with Gasteiger partial charge in [-0.15, -0.1) is 0 Å². The molecule has 1 fully saturated rings. The van der Waals surface area contributed by atoms with Crippen LogP contribution in [0.3, 0.4) is 0 Å². The average Bonchev–Trinajstić information content (AvgIpc) is 2.46. The van der Waals surface area contributed by atoms with E-state index in [1.165, 1.54) is 0 Å². The average molecular weight is 352 g/mol. The molecule has 0 aromatic carbocycles. The van der Waals surface area contributed by atoms with E-state index in [4.69, 9.17) is 5.11 Å². The fraction of sp³-hybridized carbons (Fsp3) is 0.538. The molecule has 1 heterocycles. The van der Waals surface area contributed by atoms with Crippen LogP contribution in [0.4, 0.5) is 13.2 Å². The summed E-state index contributed by atoms with van der Waals surface area (Å²) in [5.74, 6) is -1.49. The van der Waals surface area contributed by atoms with E-state index in [0.717, 1.165) is 18.3 Å². The molecule has 0 atom stereocenters. The summed E-state index contributed by atoms with van der Waals surface area (Å²) in [5, 5.41) is 8.89. The standard InChI is InChI=1S/C13H15F3N2O4S/c14-13(15,16)11-10(2-1-7-17-11)23(21,22)18-9-5-3-8(4-6-9)12(19)20/h1-2,7-9,18H,3-6H2,(H,19,20). The van der Waals surface area contributed by atoms with Crippen molar-refractivity contribution in [3.05, 3.63) is 24.0 Å². The third-order valence-electron chi connectivity index (χ3n) is 3.73.